The molecule has 2 atom stereocenters. The molecule has 4 nitrogen and oxygen atoms in total. The smallest absolute Gasteiger partial charge is 0.258 e. The summed E-state index contributed by atoms with van der Waals surface area (Å²) in [7, 11) is 0. The van der Waals surface area contributed by atoms with Crippen molar-refractivity contribution in [1.82, 2.24) is 14.3 Å². The van der Waals surface area contributed by atoms with Crippen molar-refractivity contribution >= 4 is 16.3 Å². The van der Waals surface area contributed by atoms with Crippen LogP contribution in [0.2, 0.25) is 0 Å². The molecule has 0 amide bonds. The van der Waals surface area contributed by atoms with E-state index in [2.05, 4.69) is 9.88 Å². The van der Waals surface area contributed by atoms with E-state index >= 15 is 0 Å². The van der Waals surface area contributed by atoms with Crippen LogP contribution in [0.1, 0.15) is 44.2 Å². The van der Waals surface area contributed by atoms with Crippen LogP contribution in [0.5, 0.6) is 0 Å². The number of likely N-dealkylation sites (tertiary alicyclic amines) is 1. The van der Waals surface area contributed by atoms with Gasteiger partial charge in [-0.3, -0.25) is 14.1 Å². The molecule has 1 aliphatic heterocycles. The van der Waals surface area contributed by atoms with Gasteiger partial charge in [0, 0.05) is 30.2 Å². The average Bonchev–Trinajstić information content (AvgIpc) is 2.97. The molecule has 21 heavy (non-hydrogen) atoms. The van der Waals surface area contributed by atoms with Crippen LogP contribution >= 0.6 is 11.3 Å². The standard InChI is InChI=1S/C16H21N3OS/c20-15-10-13(17-16-19(15)8-9-21-16)11-18-7-3-5-12-4-1-2-6-14(12)18/h8-10,12,14H,1-7,11H2/t12-,14-/m0/s1. The summed E-state index contributed by atoms with van der Waals surface area (Å²) >= 11 is 1.53. The van der Waals surface area contributed by atoms with Gasteiger partial charge in [-0.05, 0) is 38.1 Å². The van der Waals surface area contributed by atoms with E-state index in [4.69, 9.17) is 0 Å². The van der Waals surface area contributed by atoms with E-state index in [-0.39, 0.29) is 5.56 Å². The van der Waals surface area contributed by atoms with Crippen molar-refractivity contribution in [3.8, 4) is 0 Å². The third-order valence-corrected chi connectivity index (χ3v) is 5.84. The van der Waals surface area contributed by atoms with Gasteiger partial charge in [0.05, 0.1) is 5.69 Å². The van der Waals surface area contributed by atoms with Gasteiger partial charge in [0.15, 0.2) is 4.96 Å². The first-order valence-corrected chi connectivity index (χ1v) is 8.89. The Kier molecular flexibility index (Phi) is 3.55. The summed E-state index contributed by atoms with van der Waals surface area (Å²) in [6.07, 6.45) is 9.96. The zero-order valence-electron chi connectivity index (χ0n) is 12.2. The van der Waals surface area contributed by atoms with Gasteiger partial charge in [0.2, 0.25) is 0 Å². The Bertz CT molecular complexity index is 690. The van der Waals surface area contributed by atoms with Crippen LogP contribution in [0.3, 0.4) is 0 Å². The highest BCUT2D eigenvalue weighted by Gasteiger charge is 2.33. The number of hydrogen-bond acceptors (Lipinski definition) is 4. The highest BCUT2D eigenvalue weighted by atomic mass is 32.1. The van der Waals surface area contributed by atoms with Crippen LogP contribution in [0.25, 0.3) is 4.96 Å². The maximum absolute atomic E-state index is 12.1. The summed E-state index contributed by atoms with van der Waals surface area (Å²) in [5.74, 6) is 0.874. The Morgan fingerprint density at radius 2 is 2.10 bits per heavy atom. The first-order chi connectivity index (χ1) is 10.3. The van der Waals surface area contributed by atoms with Gasteiger partial charge >= 0.3 is 0 Å². The molecule has 0 unspecified atom stereocenters. The van der Waals surface area contributed by atoms with Gasteiger partial charge in [-0.15, -0.1) is 11.3 Å². The number of thiazole rings is 1. The fourth-order valence-electron chi connectivity index (χ4n) is 4.10. The third kappa shape index (κ3) is 2.53. The normalized spacial score (nSPS) is 26.9. The average molecular weight is 303 g/mol. The van der Waals surface area contributed by atoms with Gasteiger partial charge < -0.3 is 0 Å². The van der Waals surface area contributed by atoms with E-state index in [1.807, 2.05) is 5.38 Å². The summed E-state index contributed by atoms with van der Waals surface area (Å²) in [6.45, 7) is 2.00. The number of rotatable bonds is 2. The quantitative estimate of drug-likeness (QED) is 0.856. The molecule has 2 aromatic heterocycles. The first kappa shape index (κ1) is 13.5. The van der Waals surface area contributed by atoms with Gasteiger partial charge in [0.1, 0.15) is 0 Å². The lowest BCUT2D eigenvalue weighted by atomic mass is 9.78. The van der Waals surface area contributed by atoms with Gasteiger partial charge in [-0.25, -0.2) is 4.98 Å². The summed E-state index contributed by atoms with van der Waals surface area (Å²) < 4.78 is 1.63. The maximum atomic E-state index is 12.1. The predicted molar refractivity (Wildman–Crippen MR) is 84.7 cm³/mol. The van der Waals surface area contributed by atoms with E-state index in [0.717, 1.165) is 35.7 Å². The molecule has 0 bridgehead atoms. The SMILES string of the molecule is O=c1cc(CN2CCC[C@@H]3CCCC[C@@H]32)nc2sccn12. The fourth-order valence-corrected chi connectivity index (χ4v) is 4.84. The van der Waals surface area contributed by atoms with Crippen molar-refractivity contribution in [3.63, 3.8) is 0 Å². The Balaban J connectivity index is 1.59. The molecular weight excluding hydrogens is 282 g/mol. The summed E-state index contributed by atoms with van der Waals surface area (Å²) in [5.41, 5.74) is 0.988. The second kappa shape index (κ2) is 5.54. The minimum absolute atomic E-state index is 0.0495. The van der Waals surface area contributed by atoms with E-state index in [9.17, 15) is 4.79 Å². The fraction of sp³-hybridized carbons (Fsp3) is 0.625. The lowest BCUT2D eigenvalue weighted by Gasteiger charge is -2.44. The minimum atomic E-state index is 0.0495. The van der Waals surface area contributed by atoms with E-state index in [0.29, 0.717) is 0 Å². The summed E-state index contributed by atoms with van der Waals surface area (Å²) in [4.78, 5) is 20.2. The first-order valence-electron chi connectivity index (χ1n) is 8.01. The van der Waals surface area contributed by atoms with E-state index in [1.165, 1.54) is 49.9 Å². The largest absolute Gasteiger partial charge is 0.294 e. The third-order valence-electron chi connectivity index (χ3n) is 5.08. The van der Waals surface area contributed by atoms with Crippen LogP contribution in [0, 0.1) is 5.92 Å². The molecule has 2 fully saturated rings. The second-order valence-electron chi connectivity index (χ2n) is 6.37. The van der Waals surface area contributed by atoms with Crippen molar-refractivity contribution in [2.24, 2.45) is 5.92 Å². The molecule has 3 heterocycles. The van der Waals surface area contributed by atoms with Crippen LogP contribution in [-0.4, -0.2) is 26.9 Å². The Hall–Kier alpha value is -1.20. The van der Waals surface area contributed by atoms with Crippen LogP contribution < -0.4 is 5.56 Å². The molecule has 2 aliphatic rings. The van der Waals surface area contributed by atoms with Crippen molar-refractivity contribution in [2.75, 3.05) is 6.54 Å². The predicted octanol–water partition coefficient (Wildman–Crippen LogP) is 2.91. The molecule has 0 N–H and O–H groups in total. The van der Waals surface area contributed by atoms with Crippen LogP contribution in [0.15, 0.2) is 22.4 Å². The molecule has 0 radical (unpaired) electrons. The lowest BCUT2D eigenvalue weighted by Crippen LogP contribution is -2.46. The zero-order chi connectivity index (χ0) is 14.2. The van der Waals surface area contributed by atoms with Crippen molar-refractivity contribution < 1.29 is 0 Å². The molecule has 2 aromatic rings. The molecule has 4 rings (SSSR count). The Labute approximate surface area is 128 Å². The van der Waals surface area contributed by atoms with Gasteiger partial charge in [-0.2, -0.15) is 0 Å². The second-order valence-corrected chi connectivity index (χ2v) is 7.24. The number of hydrogen-bond donors (Lipinski definition) is 0. The molecule has 1 aliphatic carbocycles. The van der Waals surface area contributed by atoms with Crippen molar-refractivity contribution in [3.05, 3.63) is 33.7 Å². The van der Waals surface area contributed by atoms with Crippen LogP contribution in [-0.2, 0) is 6.54 Å². The number of piperidine rings is 1. The molecule has 5 heteroatoms. The van der Waals surface area contributed by atoms with Gasteiger partial charge in [0.25, 0.3) is 5.56 Å². The minimum Gasteiger partial charge on any atom is -0.294 e. The molecule has 1 saturated carbocycles. The molecular formula is C16H21N3OS. The molecule has 0 aromatic carbocycles. The Morgan fingerprint density at radius 1 is 1.24 bits per heavy atom. The van der Waals surface area contributed by atoms with Crippen molar-refractivity contribution in [1.29, 1.82) is 0 Å². The number of fused-ring (bicyclic) bond motifs is 2. The maximum Gasteiger partial charge on any atom is 0.258 e. The summed E-state index contributed by atoms with van der Waals surface area (Å²) in [6, 6.07) is 2.43. The molecule has 0 spiro atoms. The zero-order valence-corrected chi connectivity index (χ0v) is 13.0. The topological polar surface area (TPSA) is 37.6 Å². The monoisotopic (exact) mass is 303 g/mol. The number of nitrogens with zero attached hydrogens (tertiary/aromatic N) is 3. The highest BCUT2D eigenvalue weighted by molar-refractivity contribution is 7.15. The van der Waals surface area contributed by atoms with Crippen molar-refractivity contribution in [2.45, 2.75) is 51.1 Å². The molecule has 1 saturated heterocycles. The Morgan fingerprint density at radius 3 is 3.05 bits per heavy atom. The van der Waals surface area contributed by atoms with Gasteiger partial charge in [-0.1, -0.05) is 12.8 Å². The molecule has 112 valence electrons. The summed E-state index contributed by atoms with van der Waals surface area (Å²) in [5, 5.41) is 1.92. The highest BCUT2D eigenvalue weighted by Crippen LogP contribution is 2.35. The lowest BCUT2D eigenvalue weighted by molar-refractivity contribution is 0.0537. The number of aromatic nitrogens is 2. The van der Waals surface area contributed by atoms with Crippen LogP contribution in [0.4, 0.5) is 0 Å². The van der Waals surface area contributed by atoms with E-state index < -0.39 is 0 Å². The van der Waals surface area contributed by atoms with E-state index in [1.54, 1.807) is 16.7 Å².